The Morgan fingerprint density at radius 1 is 1.46 bits per heavy atom. The van der Waals surface area contributed by atoms with Gasteiger partial charge in [-0.2, -0.15) is 0 Å². The van der Waals surface area contributed by atoms with Crippen molar-refractivity contribution >= 4 is 5.97 Å². The topological polar surface area (TPSA) is 55.8 Å². The summed E-state index contributed by atoms with van der Waals surface area (Å²) >= 11 is 0. The summed E-state index contributed by atoms with van der Waals surface area (Å²) in [6.07, 6.45) is 1.19. The van der Waals surface area contributed by atoms with Crippen molar-refractivity contribution < 1.29 is 19.4 Å². The SMILES string of the molecule is C=C(C)C(=O)OCCOC=C(C)O. The monoisotopic (exact) mass is 186 g/mol. The number of rotatable bonds is 5. The normalized spacial score (nSPS) is 10.8. The lowest BCUT2D eigenvalue weighted by molar-refractivity contribution is -0.139. The molecule has 0 aliphatic carbocycles. The van der Waals surface area contributed by atoms with Crippen molar-refractivity contribution in [1.29, 1.82) is 0 Å². The van der Waals surface area contributed by atoms with Gasteiger partial charge in [-0.15, -0.1) is 0 Å². The summed E-state index contributed by atoms with van der Waals surface area (Å²) < 4.78 is 9.52. The molecule has 0 aromatic carbocycles. The lowest BCUT2D eigenvalue weighted by Crippen LogP contribution is -2.09. The number of carbonyl (C=O) groups excluding carboxylic acids is 1. The maximum absolute atomic E-state index is 10.8. The summed E-state index contributed by atoms with van der Waals surface area (Å²) in [7, 11) is 0. The predicted octanol–water partition coefficient (Wildman–Crippen LogP) is 1.54. The minimum absolute atomic E-state index is 0.0752. The summed E-state index contributed by atoms with van der Waals surface area (Å²) in [5.41, 5.74) is 0.355. The number of esters is 1. The number of hydrogen-bond donors (Lipinski definition) is 1. The van der Waals surface area contributed by atoms with Gasteiger partial charge in [0.25, 0.3) is 0 Å². The van der Waals surface area contributed by atoms with Gasteiger partial charge < -0.3 is 14.6 Å². The van der Waals surface area contributed by atoms with E-state index in [1.807, 2.05) is 0 Å². The van der Waals surface area contributed by atoms with Gasteiger partial charge in [-0.05, 0) is 13.8 Å². The maximum Gasteiger partial charge on any atom is 0.333 e. The first-order valence-corrected chi connectivity index (χ1v) is 3.84. The largest absolute Gasteiger partial charge is 0.509 e. The Kier molecular flexibility index (Phi) is 5.43. The average Bonchev–Trinajstić information content (AvgIpc) is 2.02. The van der Waals surface area contributed by atoms with Crippen LogP contribution in [0.15, 0.2) is 24.2 Å². The van der Waals surface area contributed by atoms with Crippen LogP contribution < -0.4 is 0 Å². The Labute approximate surface area is 77.5 Å². The minimum Gasteiger partial charge on any atom is -0.509 e. The van der Waals surface area contributed by atoms with E-state index in [0.717, 1.165) is 0 Å². The second-order valence-electron chi connectivity index (χ2n) is 2.55. The van der Waals surface area contributed by atoms with Crippen molar-refractivity contribution in [2.45, 2.75) is 13.8 Å². The Balaban J connectivity index is 3.42. The summed E-state index contributed by atoms with van der Waals surface area (Å²) in [5, 5.41) is 8.66. The molecule has 0 aromatic rings. The lowest BCUT2D eigenvalue weighted by atomic mass is 10.4. The summed E-state index contributed by atoms with van der Waals surface area (Å²) in [5.74, 6) is -0.362. The van der Waals surface area contributed by atoms with Gasteiger partial charge in [0, 0.05) is 5.57 Å². The van der Waals surface area contributed by atoms with E-state index in [9.17, 15) is 4.79 Å². The fourth-order valence-corrected chi connectivity index (χ4v) is 0.485. The van der Waals surface area contributed by atoms with Crippen molar-refractivity contribution in [2.24, 2.45) is 0 Å². The molecule has 0 heterocycles. The Morgan fingerprint density at radius 3 is 2.54 bits per heavy atom. The molecule has 0 saturated carbocycles. The zero-order valence-corrected chi connectivity index (χ0v) is 7.87. The Hall–Kier alpha value is -1.45. The van der Waals surface area contributed by atoms with Gasteiger partial charge in [0.05, 0.1) is 0 Å². The highest BCUT2D eigenvalue weighted by atomic mass is 16.6. The predicted molar refractivity (Wildman–Crippen MR) is 48.1 cm³/mol. The summed E-state index contributed by atoms with van der Waals surface area (Å²) in [4.78, 5) is 10.8. The molecule has 13 heavy (non-hydrogen) atoms. The average molecular weight is 186 g/mol. The highest BCUT2D eigenvalue weighted by molar-refractivity contribution is 5.86. The second kappa shape index (κ2) is 6.11. The molecule has 0 aromatic heterocycles. The molecule has 0 rings (SSSR count). The molecule has 1 N–H and O–H groups in total. The number of aliphatic hydroxyl groups excluding tert-OH is 1. The Morgan fingerprint density at radius 2 is 2.08 bits per heavy atom. The molecule has 0 amide bonds. The van der Waals surface area contributed by atoms with Crippen molar-refractivity contribution in [3.63, 3.8) is 0 Å². The van der Waals surface area contributed by atoms with Crippen molar-refractivity contribution in [3.8, 4) is 0 Å². The van der Waals surface area contributed by atoms with Crippen LogP contribution >= 0.6 is 0 Å². The molecular formula is C9H14O4. The van der Waals surface area contributed by atoms with Gasteiger partial charge in [-0.3, -0.25) is 0 Å². The fraction of sp³-hybridized carbons (Fsp3) is 0.444. The zero-order valence-electron chi connectivity index (χ0n) is 7.87. The van der Waals surface area contributed by atoms with Gasteiger partial charge in [0.15, 0.2) is 0 Å². The van der Waals surface area contributed by atoms with Crippen LogP contribution in [0.2, 0.25) is 0 Å². The first-order valence-electron chi connectivity index (χ1n) is 3.84. The van der Waals surface area contributed by atoms with Crippen LogP contribution in [0.4, 0.5) is 0 Å². The number of aliphatic hydroxyl groups is 1. The maximum atomic E-state index is 10.8. The minimum atomic E-state index is -0.437. The molecule has 0 fully saturated rings. The van der Waals surface area contributed by atoms with Crippen LogP contribution in [-0.4, -0.2) is 24.3 Å². The molecular weight excluding hydrogens is 172 g/mol. The molecule has 0 spiro atoms. The molecule has 74 valence electrons. The molecule has 0 atom stereocenters. The van der Waals surface area contributed by atoms with E-state index in [2.05, 4.69) is 6.58 Å². The molecule has 0 unspecified atom stereocenters. The smallest absolute Gasteiger partial charge is 0.333 e. The van der Waals surface area contributed by atoms with Crippen LogP contribution in [0.3, 0.4) is 0 Å². The van der Waals surface area contributed by atoms with Crippen molar-refractivity contribution in [1.82, 2.24) is 0 Å². The molecule has 4 heteroatoms. The summed E-state index contributed by atoms with van der Waals surface area (Å²) in [6.45, 7) is 6.84. The quantitative estimate of drug-likeness (QED) is 0.306. The van der Waals surface area contributed by atoms with E-state index in [0.29, 0.717) is 5.57 Å². The van der Waals surface area contributed by atoms with Crippen LogP contribution in [0.1, 0.15) is 13.8 Å². The second-order valence-corrected chi connectivity index (χ2v) is 2.55. The molecule has 0 saturated heterocycles. The molecule has 0 aliphatic heterocycles. The van der Waals surface area contributed by atoms with Gasteiger partial charge in [0.2, 0.25) is 0 Å². The molecule has 0 radical (unpaired) electrons. The molecule has 0 aliphatic rings. The number of carbonyl (C=O) groups is 1. The van der Waals surface area contributed by atoms with Gasteiger partial charge >= 0.3 is 5.97 Å². The molecule has 0 bridgehead atoms. The van der Waals surface area contributed by atoms with Crippen LogP contribution in [0, 0.1) is 0 Å². The van der Waals surface area contributed by atoms with Crippen LogP contribution in [-0.2, 0) is 14.3 Å². The van der Waals surface area contributed by atoms with Crippen molar-refractivity contribution in [2.75, 3.05) is 13.2 Å². The standard InChI is InChI=1S/C9H14O4/c1-7(2)9(11)13-5-4-12-6-8(3)10/h6,10H,1,4-5H2,2-3H3. The third-order valence-corrected chi connectivity index (χ3v) is 1.04. The zero-order chi connectivity index (χ0) is 10.3. The number of hydrogen-bond acceptors (Lipinski definition) is 4. The third-order valence-electron chi connectivity index (χ3n) is 1.04. The Bertz CT molecular complexity index is 214. The first-order chi connectivity index (χ1) is 6.04. The van der Waals surface area contributed by atoms with E-state index in [-0.39, 0.29) is 19.0 Å². The van der Waals surface area contributed by atoms with Crippen LogP contribution in [0.25, 0.3) is 0 Å². The highest BCUT2D eigenvalue weighted by Gasteiger charge is 2.01. The van der Waals surface area contributed by atoms with Gasteiger partial charge in [-0.25, -0.2) is 4.79 Å². The van der Waals surface area contributed by atoms with Gasteiger partial charge in [0.1, 0.15) is 25.2 Å². The lowest BCUT2D eigenvalue weighted by Gasteiger charge is -2.03. The van der Waals surface area contributed by atoms with E-state index >= 15 is 0 Å². The van der Waals surface area contributed by atoms with Crippen LogP contribution in [0.5, 0.6) is 0 Å². The first kappa shape index (κ1) is 11.6. The van der Waals surface area contributed by atoms with E-state index < -0.39 is 5.97 Å². The molecule has 4 nitrogen and oxygen atoms in total. The van der Waals surface area contributed by atoms with Crippen molar-refractivity contribution in [3.05, 3.63) is 24.2 Å². The van der Waals surface area contributed by atoms with E-state index in [4.69, 9.17) is 14.6 Å². The van der Waals surface area contributed by atoms with E-state index in [1.165, 1.54) is 13.2 Å². The number of ether oxygens (including phenoxy) is 2. The number of allylic oxidation sites excluding steroid dienone is 1. The van der Waals surface area contributed by atoms with E-state index in [1.54, 1.807) is 6.92 Å². The third kappa shape index (κ3) is 6.93. The van der Waals surface area contributed by atoms with Gasteiger partial charge in [-0.1, -0.05) is 6.58 Å². The fourth-order valence-electron chi connectivity index (χ4n) is 0.485. The highest BCUT2D eigenvalue weighted by Crippen LogP contribution is 1.92. The summed E-state index contributed by atoms with van der Waals surface area (Å²) in [6, 6.07) is 0.